The summed E-state index contributed by atoms with van der Waals surface area (Å²) < 4.78 is 0. The van der Waals surface area contributed by atoms with Crippen LogP contribution in [-0.4, -0.2) is 23.1 Å². The molecule has 0 atom stereocenters. The lowest BCUT2D eigenvalue weighted by Crippen LogP contribution is -2.30. The Labute approximate surface area is 136 Å². The van der Waals surface area contributed by atoms with Crippen LogP contribution in [0.5, 0.6) is 0 Å². The lowest BCUT2D eigenvalue weighted by Gasteiger charge is -2.27. The lowest BCUT2D eigenvalue weighted by molar-refractivity contribution is 0.573. The molecule has 116 valence electrons. The van der Waals surface area contributed by atoms with Crippen molar-refractivity contribution >= 4 is 22.5 Å². The first-order chi connectivity index (χ1) is 11.3. The second-order valence-electron chi connectivity index (χ2n) is 6.10. The molecule has 2 N–H and O–H groups in total. The standard InChI is InChI=1S/C19H20N4/c20-16-7-4-14(5-8-16)15-6-9-17-18(12-15)22-19(13-21-17)23-10-2-1-3-11-23/h4-9,12-13H,1-3,10-11,20H2. The summed E-state index contributed by atoms with van der Waals surface area (Å²) in [4.78, 5) is 11.8. The van der Waals surface area contributed by atoms with Crippen LogP contribution in [0.1, 0.15) is 19.3 Å². The third kappa shape index (κ3) is 2.84. The lowest BCUT2D eigenvalue weighted by atomic mass is 10.0. The molecule has 1 aromatic heterocycles. The van der Waals surface area contributed by atoms with Crippen LogP contribution in [0.15, 0.2) is 48.7 Å². The third-order valence-corrected chi connectivity index (χ3v) is 4.45. The van der Waals surface area contributed by atoms with Gasteiger partial charge in [-0.05, 0) is 54.7 Å². The number of nitrogen functional groups attached to an aromatic ring is 1. The Balaban J connectivity index is 1.72. The van der Waals surface area contributed by atoms with Crippen molar-refractivity contribution in [1.82, 2.24) is 9.97 Å². The molecule has 4 nitrogen and oxygen atoms in total. The van der Waals surface area contributed by atoms with Crippen LogP contribution in [0.3, 0.4) is 0 Å². The van der Waals surface area contributed by atoms with Crippen LogP contribution in [0, 0.1) is 0 Å². The van der Waals surface area contributed by atoms with E-state index >= 15 is 0 Å². The van der Waals surface area contributed by atoms with Gasteiger partial charge in [0.25, 0.3) is 0 Å². The largest absolute Gasteiger partial charge is 0.399 e. The molecule has 2 heterocycles. The van der Waals surface area contributed by atoms with Crippen LogP contribution < -0.4 is 10.6 Å². The highest BCUT2D eigenvalue weighted by molar-refractivity contribution is 5.82. The number of rotatable bonds is 2. The van der Waals surface area contributed by atoms with Gasteiger partial charge in [0.1, 0.15) is 5.82 Å². The fourth-order valence-corrected chi connectivity index (χ4v) is 3.13. The van der Waals surface area contributed by atoms with Gasteiger partial charge in [-0.25, -0.2) is 4.98 Å². The zero-order valence-electron chi connectivity index (χ0n) is 13.1. The number of benzene rings is 2. The van der Waals surface area contributed by atoms with Gasteiger partial charge < -0.3 is 10.6 Å². The highest BCUT2D eigenvalue weighted by Gasteiger charge is 2.13. The van der Waals surface area contributed by atoms with Crippen molar-refractivity contribution in [3.05, 3.63) is 48.7 Å². The summed E-state index contributed by atoms with van der Waals surface area (Å²) in [5, 5.41) is 0. The maximum atomic E-state index is 5.77. The maximum absolute atomic E-state index is 5.77. The Morgan fingerprint density at radius 3 is 2.35 bits per heavy atom. The van der Waals surface area contributed by atoms with Gasteiger partial charge in [-0.15, -0.1) is 0 Å². The van der Waals surface area contributed by atoms with E-state index in [9.17, 15) is 0 Å². The van der Waals surface area contributed by atoms with E-state index < -0.39 is 0 Å². The predicted molar refractivity (Wildman–Crippen MR) is 95.5 cm³/mol. The van der Waals surface area contributed by atoms with Crippen molar-refractivity contribution in [3.8, 4) is 11.1 Å². The molecule has 0 bridgehead atoms. The summed E-state index contributed by atoms with van der Waals surface area (Å²) in [7, 11) is 0. The molecule has 0 spiro atoms. The minimum atomic E-state index is 0.779. The number of aromatic nitrogens is 2. The van der Waals surface area contributed by atoms with E-state index in [1.54, 1.807) is 0 Å². The molecule has 2 aromatic carbocycles. The fraction of sp³-hybridized carbons (Fsp3) is 0.263. The zero-order chi connectivity index (χ0) is 15.6. The van der Waals surface area contributed by atoms with Crippen molar-refractivity contribution in [3.63, 3.8) is 0 Å². The van der Waals surface area contributed by atoms with Gasteiger partial charge in [0, 0.05) is 18.8 Å². The average molecular weight is 304 g/mol. The van der Waals surface area contributed by atoms with Crippen molar-refractivity contribution in [2.45, 2.75) is 19.3 Å². The summed E-state index contributed by atoms with van der Waals surface area (Å²) in [6.07, 6.45) is 5.70. The summed E-state index contributed by atoms with van der Waals surface area (Å²) in [5.41, 5.74) is 10.7. The third-order valence-electron chi connectivity index (χ3n) is 4.45. The number of hydrogen-bond donors (Lipinski definition) is 1. The van der Waals surface area contributed by atoms with Gasteiger partial charge in [-0.3, -0.25) is 4.98 Å². The molecule has 0 unspecified atom stereocenters. The first-order valence-electron chi connectivity index (χ1n) is 8.17. The number of fused-ring (bicyclic) bond motifs is 1. The van der Waals surface area contributed by atoms with E-state index in [0.29, 0.717) is 0 Å². The number of nitrogens with two attached hydrogens (primary N) is 1. The molecule has 0 saturated carbocycles. The molecule has 4 heteroatoms. The second kappa shape index (κ2) is 5.88. The summed E-state index contributed by atoms with van der Waals surface area (Å²) in [5.74, 6) is 0.992. The summed E-state index contributed by atoms with van der Waals surface area (Å²) >= 11 is 0. The van der Waals surface area contributed by atoms with Gasteiger partial charge in [0.2, 0.25) is 0 Å². The van der Waals surface area contributed by atoms with Gasteiger partial charge in [-0.2, -0.15) is 0 Å². The van der Waals surface area contributed by atoms with Gasteiger partial charge in [0.05, 0.1) is 17.2 Å². The molecule has 1 aliphatic heterocycles. The van der Waals surface area contributed by atoms with Gasteiger partial charge in [-0.1, -0.05) is 18.2 Å². The number of hydrogen-bond acceptors (Lipinski definition) is 4. The average Bonchev–Trinajstić information content (AvgIpc) is 2.62. The first-order valence-corrected chi connectivity index (χ1v) is 8.17. The molecule has 1 aliphatic rings. The van der Waals surface area contributed by atoms with Crippen LogP contribution >= 0.6 is 0 Å². The maximum Gasteiger partial charge on any atom is 0.147 e. The van der Waals surface area contributed by atoms with Gasteiger partial charge in [0.15, 0.2) is 0 Å². The monoisotopic (exact) mass is 304 g/mol. The predicted octanol–water partition coefficient (Wildman–Crippen LogP) is 3.87. The van der Waals surface area contributed by atoms with Crippen molar-refractivity contribution in [2.24, 2.45) is 0 Å². The van der Waals surface area contributed by atoms with E-state index in [4.69, 9.17) is 10.7 Å². The SMILES string of the molecule is Nc1ccc(-c2ccc3ncc(N4CCCCC4)nc3c2)cc1. The Hall–Kier alpha value is -2.62. The Morgan fingerprint density at radius 1 is 0.826 bits per heavy atom. The fourth-order valence-electron chi connectivity index (χ4n) is 3.13. The Kier molecular flexibility index (Phi) is 3.58. The zero-order valence-corrected chi connectivity index (χ0v) is 13.1. The molecule has 23 heavy (non-hydrogen) atoms. The summed E-state index contributed by atoms with van der Waals surface area (Å²) in [6.45, 7) is 2.16. The topological polar surface area (TPSA) is 55.0 Å². The highest BCUT2D eigenvalue weighted by Crippen LogP contribution is 2.25. The molecule has 0 amide bonds. The Morgan fingerprint density at radius 2 is 1.57 bits per heavy atom. The van der Waals surface area contributed by atoms with E-state index in [1.165, 1.54) is 19.3 Å². The molecule has 4 rings (SSSR count). The number of piperidine rings is 1. The van der Waals surface area contributed by atoms with Crippen molar-refractivity contribution in [1.29, 1.82) is 0 Å². The molecular formula is C19H20N4. The molecule has 1 saturated heterocycles. The van der Waals surface area contributed by atoms with E-state index in [-0.39, 0.29) is 0 Å². The quantitative estimate of drug-likeness (QED) is 0.730. The number of anilines is 2. The molecule has 0 aliphatic carbocycles. The van der Waals surface area contributed by atoms with Crippen LogP contribution in [-0.2, 0) is 0 Å². The van der Waals surface area contributed by atoms with Crippen LogP contribution in [0.4, 0.5) is 11.5 Å². The van der Waals surface area contributed by atoms with Gasteiger partial charge >= 0.3 is 0 Å². The molecule has 3 aromatic rings. The smallest absolute Gasteiger partial charge is 0.147 e. The molecular weight excluding hydrogens is 284 g/mol. The Bertz CT molecular complexity index is 820. The van der Waals surface area contributed by atoms with Crippen LogP contribution in [0.25, 0.3) is 22.2 Å². The minimum absolute atomic E-state index is 0.779. The van der Waals surface area contributed by atoms with E-state index in [1.807, 2.05) is 36.5 Å². The first kappa shape index (κ1) is 14.0. The van der Waals surface area contributed by atoms with Crippen molar-refractivity contribution in [2.75, 3.05) is 23.7 Å². The van der Waals surface area contributed by atoms with Crippen LogP contribution in [0.2, 0.25) is 0 Å². The normalized spacial score (nSPS) is 15.0. The minimum Gasteiger partial charge on any atom is -0.399 e. The number of nitrogens with zero attached hydrogens (tertiary/aromatic N) is 3. The molecule has 1 fully saturated rings. The van der Waals surface area contributed by atoms with E-state index in [0.717, 1.165) is 46.8 Å². The highest BCUT2D eigenvalue weighted by atomic mass is 15.2. The summed E-state index contributed by atoms with van der Waals surface area (Å²) in [6, 6.07) is 14.2. The molecule has 0 radical (unpaired) electrons. The van der Waals surface area contributed by atoms with E-state index in [2.05, 4.69) is 22.0 Å². The van der Waals surface area contributed by atoms with Crippen molar-refractivity contribution < 1.29 is 0 Å². The second-order valence-corrected chi connectivity index (χ2v) is 6.10.